The molecule has 0 radical (unpaired) electrons. The van der Waals surface area contributed by atoms with Crippen molar-refractivity contribution in [2.24, 2.45) is 0 Å². The predicted octanol–water partition coefficient (Wildman–Crippen LogP) is 0.00530. The van der Waals surface area contributed by atoms with Crippen LogP contribution in [-0.4, -0.2) is 25.7 Å². The van der Waals surface area contributed by atoms with Gasteiger partial charge in [-0.3, -0.25) is 4.79 Å². The second kappa shape index (κ2) is 2.94. The quantitative estimate of drug-likeness (QED) is 0.692. The van der Waals surface area contributed by atoms with Crippen molar-refractivity contribution in [3.63, 3.8) is 0 Å². The van der Waals surface area contributed by atoms with E-state index in [0.717, 1.165) is 4.68 Å². The van der Waals surface area contributed by atoms with Crippen LogP contribution in [0.4, 0.5) is 5.95 Å². The van der Waals surface area contributed by atoms with Crippen LogP contribution in [0.1, 0.15) is 9.80 Å². The highest BCUT2D eigenvalue weighted by molar-refractivity contribution is 7.11. The number of rotatable bonds is 1. The predicted molar refractivity (Wildman–Crippen MR) is 46.3 cm³/mol. The third kappa shape index (κ3) is 1.41. The Balaban J connectivity index is 2.33. The summed E-state index contributed by atoms with van der Waals surface area (Å²) in [5.74, 6) is -0.246. The molecule has 2 aromatic heterocycles. The molecule has 0 aliphatic rings. The van der Waals surface area contributed by atoms with E-state index in [0.29, 0.717) is 5.01 Å². The van der Waals surface area contributed by atoms with Crippen LogP contribution in [0.3, 0.4) is 0 Å². The Morgan fingerprint density at radius 3 is 2.92 bits per heavy atom. The van der Waals surface area contributed by atoms with Gasteiger partial charge in [-0.2, -0.15) is 4.68 Å². The molecule has 2 heterocycles. The fraction of sp³-hybridized carbons (Fsp3) is 0. The molecule has 0 fully saturated rings. The van der Waals surface area contributed by atoms with Gasteiger partial charge in [0.05, 0.1) is 0 Å². The maximum absolute atomic E-state index is 11.5. The topological polar surface area (TPSA) is 86.7 Å². The fourth-order valence-electron chi connectivity index (χ4n) is 0.801. The third-order valence-corrected chi connectivity index (χ3v) is 2.09. The van der Waals surface area contributed by atoms with Crippen LogP contribution in [0.15, 0.2) is 17.9 Å². The summed E-state index contributed by atoms with van der Waals surface area (Å²) in [6, 6.07) is 0. The van der Waals surface area contributed by atoms with E-state index in [2.05, 4.69) is 15.1 Å². The van der Waals surface area contributed by atoms with Crippen molar-refractivity contribution in [3.05, 3.63) is 22.9 Å². The van der Waals surface area contributed by atoms with Crippen LogP contribution in [0.25, 0.3) is 0 Å². The van der Waals surface area contributed by atoms with Gasteiger partial charge in [-0.25, -0.2) is 9.97 Å². The molecule has 2 N–H and O–H groups in total. The van der Waals surface area contributed by atoms with Gasteiger partial charge in [0.25, 0.3) is 0 Å². The first-order valence-corrected chi connectivity index (χ1v) is 4.26. The van der Waals surface area contributed by atoms with Gasteiger partial charge in [0, 0.05) is 11.6 Å². The maximum atomic E-state index is 11.5. The molecule has 66 valence electrons. The second-order valence-electron chi connectivity index (χ2n) is 2.19. The van der Waals surface area contributed by atoms with Gasteiger partial charge in [0.2, 0.25) is 5.95 Å². The van der Waals surface area contributed by atoms with Gasteiger partial charge >= 0.3 is 5.91 Å². The normalized spacial score (nSPS) is 10.2. The zero-order valence-corrected chi connectivity index (χ0v) is 7.23. The number of anilines is 1. The van der Waals surface area contributed by atoms with Gasteiger partial charge in [0.15, 0.2) is 5.01 Å². The summed E-state index contributed by atoms with van der Waals surface area (Å²) in [7, 11) is 0. The average molecular weight is 195 g/mol. The van der Waals surface area contributed by atoms with Crippen LogP contribution in [-0.2, 0) is 0 Å². The Morgan fingerprint density at radius 1 is 1.54 bits per heavy atom. The van der Waals surface area contributed by atoms with Crippen molar-refractivity contribution >= 4 is 23.2 Å². The van der Waals surface area contributed by atoms with E-state index in [-0.39, 0.29) is 11.9 Å². The molecule has 0 amide bonds. The van der Waals surface area contributed by atoms with E-state index in [4.69, 9.17) is 5.73 Å². The molecule has 0 bridgehead atoms. The first-order valence-electron chi connectivity index (χ1n) is 3.38. The lowest BCUT2D eigenvalue weighted by Gasteiger charge is -1.92. The van der Waals surface area contributed by atoms with E-state index in [9.17, 15) is 4.79 Å². The molecule has 13 heavy (non-hydrogen) atoms. The molecule has 6 nitrogen and oxygen atoms in total. The van der Waals surface area contributed by atoms with Crippen molar-refractivity contribution in [1.82, 2.24) is 19.7 Å². The fourth-order valence-corrected chi connectivity index (χ4v) is 1.37. The molecule has 0 atom stereocenters. The molecular weight excluding hydrogens is 190 g/mol. The first kappa shape index (κ1) is 7.87. The number of hydrogen-bond donors (Lipinski definition) is 1. The lowest BCUT2D eigenvalue weighted by atomic mass is 10.6. The summed E-state index contributed by atoms with van der Waals surface area (Å²) in [5, 5.41) is 5.75. The Bertz CT molecular complexity index is 420. The molecule has 2 aromatic rings. The van der Waals surface area contributed by atoms with Crippen molar-refractivity contribution in [2.75, 3.05) is 5.73 Å². The summed E-state index contributed by atoms with van der Waals surface area (Å²) in [5.41, 5.74) is 5.26. The van der Waals surface area contributed by atoms with Crippen molar-refractivity contribution < 1.29 is 4.79 Å². The van der Waals surface area contributed by atoms with Crippen molar-refractivity contribution in [3.8, 4) is 0 Å². The Hall–Kier alpha value is -1.76. The summed E-state index contributed by atoms with van der Waals surface area (Å²) in [6.07, 6.45) is 2.82. The van der Waals surface area contributed by atoms with E-state index >= 15 is 0 Å². The maximum Gasteiger partial charge on any atom is 0.308 e. The molecule has 0 aliphatic carbocycles. The Morgan fingerprint density at radius 2 is 2.38 bits per heavy atom. The third-order valence-electron chi connectivity index (χ3n) is 1.33. The van der Waals surface area contributed by atoms with Crippen LogP contribution in [0.5, 0.6) is 0 Å². The summed E-state index contributed by atoms with van der Waals surface area (Å²) < 4.78 is 1.06. The molecule has 7 heteroatoms. The monoisotopic (exact) mass is 195 g/mol. The molecule has 0 spiro atoms. The summed E-state index contributed by atoms with van der Waals surface area (Å²) in [6.45, 7) is 0. The number of aromatic nitrogens is 4. The largest absolute Gasteiger partial charge is 0.366 e. The Kier molecular flexibility index (Phi) is 1.78. The van der Waals surface area contributed by atoms with Crippen LogP contribution in [0.2, 0.25) is 0 Å². The number of carbonyl (C=O) groups is 1. The molecule has 2 rings (SSSR count). The minimum atomic E-state index is -0.320. The number of carbonyl (C=O) groups excluding carboxylic acids is 1. The van der Waals surface area contributed by atoms with E-state index in [1.54, 1.807) is 11.6 Å². The summed E-state index contributed by atoms with van der Waals surface area (Å²) in [4.78, 5) is 18.9. The average Bonchev–Trinajstić information content (AvgIpc) is 2.72. The van der Waals surface area contributed by atoms with Crippen LogP contribution in [0, 0.1) is 0 Å². The molecule has 0 unspecified atom stereocenters. The minimum absolute atomic E-state index is 0.0740. The van der Waals surface area contributed by atoms with Gasteiger partial charge in [-0.1, -0.05) is 0 Å². The number of thiazole rings is 1. The zero-order valence-electron chi connectivity index (χ0n) is 6.41. The molecule has 0 saturated carbocycles. The minimum Gasteiger partial charge on any atom is -0.366 e. The van der Waals surface area contributed by atoms with Gasteiger partial charge in [-0.15, -0.1) is 16.4 Å². The first-order chi connectivity index (χ1) is 6.27. The zero-order chi connectivity index (χ0) is 9.26. The molecular formula is C6H5N5OS. The molecule has 0 saturated heterocycles. The van der Waals surface area contributed by atoms with Gasteiger partial charge < -0.3 is 5.73 Å². The smallest absolute Gasteiger partial charge is 0.308 e. The highest BCUT2D eigenvalue weighted by Gasteiger charge is 2.12. The standard InChI is InChI=1S/C6H5N5OS/c7-6-9-3-11(10-6)5(12)4-8-1-2-13-4/h1-3H,(H2,7,10). The number of nitrogens with zero attached hydrogens (tertiary/aromatic N) is 4. The van der Waals surface area contributed by atoms with Gasteiger partial charge in [0.1, 0.15) is 6.33 Å². The van der Waals surface area contributed by atoms with Crippen LogP contribution < -0.4 is 5.73 Å². The van der Waals surface area contributed by atoms with Crippen molar-refractivity contribution in [2.45, 2.75) is 0 Å². The lowest BCUT2D eigenvalue weighted by molar-refractivity contribution is 0.0944. The lowest BCUT2D eigenvalue weighted by Crippen LogP contribution is -2.12. The number of nitrogen functional groups attached to an aromatic ring is 1. The van der Waals surface area contributed by atoms with E-state index in [1.807, 2.05) is 0 Å². The van der Waals surface area contributed by atoms with E-state index < -0.39 is 0 Å². The SMILES string of the molecule is Nc1ncn(C(=O)c2nccs2)n1. The van der Waals surface area contributed by atoms with Crippen molar-refractivity contribution in [1.29, 1.82) is 0 Å². The second-order valence-corrected chi connectivity index (χ2v) is 3.08. The summed E-state index contributed by atoms with van der Waals surface area (Å²) >= 11 is 1.25. The van der Waals surface area contributed by atoms with Crippen LogP contribution >= 0.6 is 11.3 Å². The number of hydrogen-bond acceptors (Lipinski definition) is 6. The highest BCUT2D eigenvalue weighted by atomic mass is 32.1. The molecule has 0 aromatic carbocycles. The Labute approximate surface area is 77.0 Å². The van der Waals surface area contributed by atoms with E-state index in [1.165, 1.54) is 17.7 Å². The van der Waals surface area contributed by atoms with Gasteiger partial charge in [-0.05, 0) is 0 Å². The number of nitrogens with two attached hydrogens (primary N) is 1. The molecule has 0 aliphatic heterocycles. The highest BCUT2D eigenvalue weighted by Crippen LogP contribution is 2.05.